The van der Waals surface area contributed by atoms with Gasteiger partial charge in [0.25, 0.3) is 0 Å². The maximum Gasteiger partial charge on any atom is 0.198 e. The smallest absolute Gasteiger partial charge is 0.198 e. The molecule has 33 heavy (non-hydrogen) atoms. The third-order valence-electron chi connectivity index (χ3n) is 12.5. The number of aliphatic hydroxyl groups excluding tert-OH is 2. The molecule has 2 aliphatic heterocycles. The maximum atomic E-state index is 12.2. The molecule has 188 valence electrons. The van der Waals surface area contributed by atoms with E-state index < -0.39 is 11.4 Å². The second-order valence-corrected chi connectivity index (χ2v) is 14.4. The van der Waals surface area contributed by atoms with Crippen LogP contribution in [0.2, 0.25) is 0 Å². The average molecular weight is 463 g/mol. The van der Waals surface area contributed by atoms with Gasteiger partial charge in [-0.25, -0.2) is 0 Å². The van der Waals surface area contributed by atoms with E-state index in [9.17, 15) is 15.3 Å². The van der Waals surface area contributed by atoms with Crippen molar-refractivity contribution in [2.24, 2.45) is 46.3 Å². The molecule has 1 spiro atoms. The van der Waals surface area contributed by atoms with Gasteiger partial charge in [0.15, 0.2) is 5.79 Å². The molecule has 4 aliphatic carbocycles. The molecule has 5 heteroatoms. The van der Waals surface area contributed by atoms with Gasteiger partial charge in [-0.3, -0.25) is 0 Å². The predicted octanol–water partition coefficient (Wildman–Crippen LogP) is 4.27. The molecule has 3 N–H and O–H groups in total. The number of fused-ring (bicyclic) bond motifs is 7. The Morgan fingerprint density at radius 1 is 0.879 bits per heavy atom. The average Bonchev–Trinajstić information content (AvgIpc) is 3.20. The Morgan fingerprint density at radius 3 is 2.27 bits per heavy atom. The van der Waals surface area contributed by atoms with Crippen molar-refractivity contribution in [3.05, 3.63) is 0 Å². The first-order valence-corrected chi connectivity index (χ1v) is 13.7. The molecule has 13 atom stereocenters. The quantitative estimate of drug-likeness (QED) is 0.501. The van der Waals surface area contributed by atoms with Crippen LogP contribution in [0.4, 0.5) is 0 Å². The van der Waals surface area contributed by atoms with Gasteiger partial charge in [0, 0.05) is 12.3 Å². The third-order valence-corrected chi connectivity index (χ3v) is 12.5. The fraction of sp³-hybridized carbons (Fsp3) is 1.00. The maximum absolute atomic E-state index is 12.2. The topological polar surface area (TPSA) is 79.2 Å². The second-order valence-electron chi connectivity index (χ2n) is 14.4. The lowest BCUT2D eigenvalue weighted by atomic mass is 9.43. The first-order valence-electron chi connectivity index (χ1n) is 13.7. The molecule has 0 aromatic rings. The fourth-order valence-electron chi connectivity index (χ4n) is 10.7. The van der Waals surface area contributed by atoms with E-state index in [1.54, 1.807) is 0 Å². The fourth-order valence-corrected chi connectivity index (χ4v) is 10.7. The molecule has 6 rings (SSSR count). The van der Waals surface area contributed by atoms with Crippen LogP contribution in [0, 0.1) is 46.3 Å². The van der Waals surface area contributed by atoms with E-state index in [1.807, 2.05) is 6.92 Å². The zero-order valence-corrected chi connectivity index (χ0v) is 21.5. The summed E-state index contributed by atoms with van der Waals surface area (Å²) in [5.74, 6) is 1.08. The van der Waals surface area contributed by atoms with Gasteiger partial charge >= 0.3 is 0 Å². The Bertz CT molecular complexity index is 825. The van der Waals surface area contributed by atoms with Gasteiger partial charge in [-0.1, -0.05) is 20.8 Å². The van der Waals surface area contributed by atoms with E-state index in [2.05, 4.69) is 34.6 Å². The van der Waals surface area contributed by atoms with Crippen molar-refractivity contribution in [2.75, 3.05) is 0 Å². The van der Waals surface area contributed by atoms with Gasteiger partial charge in [-0.05, 0) is 106 Å². The van der Waals surface area contributed by atoms with Crippen molar-refractivity contribution in [3.8, 4) is 0 Å². The van der Waals surface area contributed by atoms with Gasteiger partial charge in [-0.2, -0.15) is 0 Å². The molecule has 0 radical (unpaired) electrons. The molecule has 0 aromatic heterocycles. The van der Waals surface area contributed by atoms with E-state index in [-0.39, 0.29) is 40.7 Å². The highest BCUT2D eigenvalue weighted by atomic mass is 16.7. The number of ether oxygens (including phenoxy) is 2. The van der Waals surface area contributed by atoms with E-state index in [4.69, 9.17) is 9.47 Å². The highest BCUT2D eigenvalue weighted by Crippen LogP contribution is 2.72. The molecule has 6 fully saturated rings. The third kappa shape index (κ3) is 2.78. The van der Waals surface area contributed by atoms with Gasteiger partial charge < -0.3 is 24.8 Å². The van der Waals surface area contributed by atoms with Gasteiger partial charge in [0.2, 0.25) is 0 Å². The normalized spacial score (nSPS) is 63.7. The van der Waals surface area contributed by atoms with E-state index in [0.29, 0.717) is 29.6 Å². The van der Waals surface area contributed by atoms with Gasteiger partial charge in [0.05, 0.1) is 23.9 Å². The van der Waals surface area contributed by atoms with Crippen molar-refractivity contribution in [3.63, 3.8) is 0 Å². The summed E-state index contributed by atoms with van der Waals surface area (Å²) in [7, 11) is 0. The summed E-state index contributed by atoms with van der Waals surface area (Å²) in [6.45, 7) is 13.1. The minimum absolute atomic E-state index is 0.0132. The highest BCUT2D eigenvalue weighted by Gasteiger charge is 2.77. The second kappa shape index (κ2) is 6.76. The minimum Gasteiger partial charge on any atom is -0.393 e. The largest absolute Gasteiger partial charge is 0.393 e. The Labute approximate surface area is 199 Å². The van der Waals surface area contributed by atoms with Crippen molar-refractivity contribution >= 4 is 0 Å². The molecule has 4 saturated carbocycles. The SMILES string of the molecule is C[C@H]1CC2(O[C@H]3CC4C5CCC6C[C@H](O)CC[C@]6(C)C5[C@@H](O)C[C@]4(C)C3C2(C)O)OC1(C)C. The lowest BCUT2D eigenvalue weighted by Gasteiger charge is -2.63. The molecule has 0 aromatic carbocycles. The van der Waals surface area contributed by atoms with Crippen molar-refractivity contribution < 1.29 is 24.8 Å². The van der Waals surface area contributed by atoms with Crippen LogP contribution in [0.3, 0.4) is 0 Å². The number of hydrogen-bond donors (Lipinski definition) is 3. The van der Waals surface area contributed by atoms with Gasteiger partial charge in [0.1, 0.15) is 5.60 Å². The highest BCUT2D eigenvalue weighted by molar-refractivity contribution is 5.22. The van der Waals surface area contributed by atoms with Crippen LogP contribution in [-0.4, -0.2) is 50.6 Å². The lowest BCUT2D eigenvalue weighted by molar-refractivity contribution is -0.300. The number of rotatable bonds is 0. The summed E-state index contributed by atoms with van der Waals surface area (Å²) in [6, 6.07) is 0. The van der Waals surface area contributed by atoms with E-state index in [1.165, 1.54) is 0 Å². The minimum atomic E-state index is -1.08. The van der Waals surface area contributed by atoms with E-state index in [0.717, 1.165) is 51.4 Å². The van der Waals surface area contributed by atoms with Gasteiger partial charge in [-0.15, -0.1) is 0 Å². The zero-order valence-electron chi connectivity index (χ0n) is 21.5. The molecule has 2 saturated heterocycles. The zero-order chi connectivity index (χ0) is 23.8. The Morgan fingerprint density at radius 2 is 1.61 bits per heavy atom. The summed E-state index contributed by atoms with van der Waals surface area (Å²) in [5, 5.41) is 34.2. The molecule has 5 nitrogen and oxygen atoms in total. The molecule has 6 aliphatic rings. The van der Waals surface area contributed by atoms with Crippen molar-refractivity contribution in [2.45, 2.75) is 128 Å². The summed E-state index contributed by atoms with van der Waals surface area (Å²) in [4.78, 5) is 0. The molecule has 2 heterocycles. The Kier molecular flexibility index (Phi) is 4.76. The summed E-state index contributed by atoms with van der Waals surface area (Å²) in [5.41, 5.74) is -1.45. The van der Waals surface area contributed by atoms with Crippen LogP contribution < -0.4 is 0 Å². The van der Waals surface area contributed by atoms with Crippen LogP contribution in [0.15, 0.2) is 0 Å². The van der Waals surface area contributed by atoms with Crippen LogP contribution in [0.5, 0.6) is 0 Å². The Balaban J connectivity index is 1.34. The van der Waals surface area contributed by atoms with Crippen LogP contribution in [0.1, 0.15) is 92.9 Å². The van der Waals surface area contributed by atoms with Crippen molar-refractivity contribution in [1.82, 2.24) is 0 Å². The molecule has 0 bridgehead atoms. The summed E-state index contributed by atoms with van der Waals surface area (Å²) < 4.78 is 13.3. The number of aliphatic hydroxyl groups is 3. The first-order chi connectivity index (χ1) is 15.3. The first kappa shape index (κ1) is 23.2. The molecule has 0 amide bonds. The summed E-state index contributed by atoms with van der Waals surface area (Å²) in [6.07, 6.45) is 6.94. The lowest BCUT2D eigenvalue weighted by Crippen LogP contribution is -2.62. The standard InChI is InChI=1S/C28H46O5/c1-15-13-28(33-24(15,2)3)27(6,31)23-21(32-28)12-19-18-8-7-16-11-17(29)9-10-25(16,4)22(18)20(30)14-26(19,23)5/h15-23,29-31H,7-14H2,1-6H3/t15-,16?,17+,18?,19?,20-,21-,22?,23?,25-,26-,27?,28?/m0/s1. The van der Waals surface area contributed by atoms with Crippen LogP contribution in [0.25, 0.3) is 0 Å². The van der Waals surface area contributed by atoms with Crippen LogP contribution >= 0.6 is 0 Å². The van der Waals surface area contributed by atoms with Crippen LogP contribution in [-0.2, 0) is 9.47 Å². The Hall–Kier alpha value is -0.200. The summed E-state index contributed by atoms with van der Waals surface area (Å²) >= 11 is 0. The molecular formula is C28H46O5. The monoisotopic (exact) mass is 462 g/mol. The van der Waals surface area contributed by atoms with E-state index >= 15 is 0 Å². The number of hydrogen-bond acceptors (Lipinski definition) is 5. The molecular weight excluding hydrogens is 416 g/mol. The predicted molar refractivity (Wildman–Crippen MR) is 125 cm³/mol. The molecule has 7 unspecified atom stereocenters. The van der Waals surface area contributed by atoms with Crippen molar-refractivity contribution in [1.29, 1.82) is 0 Å².